The number of likely N-dealkylation sites (tertiary alicyclic amines) is 1. The number of nitrogens with zero attached hydrogens (tertiary/aromatic N) is 5. The highest BCUT2D eigenvalue weighted by atomic mass is 16.4. The average Bonchev–Trinajstić information content (AvgIpc) is 3.38. The highest BCUT2D eigenvalue weighted by molar-refractivity contribution is 5.92. The van der Waals surface area contributed by atoms with Crippen LogP contribution in [0.4, 0.5) is 0 Å². The summed E-state index contributed by atoms with van der Waals surface area (Å²) in [5.41, 5.74) is 1.51. The molecule has 0 atom stereocenters. The van der Waals surface area contributed by atoms with Gasteiger partial charge in [0.1, 0.15) is 0 Å². The van der Waals surface area contributed by atoms with Gasteiger partial charge in [-0.05, 0) is 31.0 Å². The maximum atomic E-state index is 12.7. The van der Waals surface area contributed by atoms with Crippen LogP contribution in [-0.4, -0.2) is 54.5 Å². The van der Waals surface area contributed by atoms with E-state index in [1.807, 2.05) is 30.3 Å². The second-order valence-corrected chi connectivity index (χ2v) is 6.52. The Balaban J connectivity index is 1.40. The summed E-state index contributed by atoms with van der Waals surface area (Å²) in [6, 6.07) is 11.5. The fourth-order valence-electron chi connectivity index (χ4n) is 3.31. The second-order valence-electron chi connectivity index (χ2n) is 6.52. The van der Waals surface area contributed by atoms with Crippen LogP contribution in [0.25, 0.3) is 5.69 Å². The van der Waals surface area contributed by atoms with Gasteiger partial charge in [-0.15, -0.1) is 0 Å². The summed E-state index contributed by atoms with van der Waals surface area (Å²) >= 11 is 0. The largest absolute Gasteiger partial charge is 0.478 e. The number of piperidine rings is 1. The highest BCUT2D eigenvalue weighted by Crippen LogP contribution is 2.23. The van der Waals surface area contributed by atoms with Crippen molar-refractivity contribution >= 4 is 11.9 Å². The molecule has 1 fully saturated rings. The standard InChI is InChI=1S/C19H19N5O3/c25-18(17-8-11-23(21-17)15-4-2-1-3-5-15)22-9-6-16(7-10-22)24-13-14(12-20-24)19(26)27/h1-5,8,11-13,16H,6-7,9-10H2,(H,26,27). The van der Waals surface area contributed by atoms with E-state index in [0.717, 1.165) is 18.5 Å². The number of para-hydroxylation sites is 1. The van der Waals surface area contributed by atoms with Gasteiger partial charge in [-0.1, -0.05) is 18.2 Å². The molecule has 138 valence electrons. The molecule has 3 aromatic rings. The summed E-state index contributed by atoms with van der Waals surface area (Å²) in [4.78, 5) is 25.5. The summed E-state index contributed by atoms with van der Waals surface area (Å²) < 4.78 is 3.38. The molecule has 0 saturated carbocycles. The zero-order valence-electron chi connectivity index (χ0n) is 14.6. The third kappa shape index (κ3) is 3.46. The van der Waals surface area contributed by atoms with Gasteiger partial charge in [0.2, 0.25) is 0 Å². The number of aromatic nitrogens is 4. The van der Waals surface area contributed by atoms with Crippen LogP contribution in [0.1, 0.15) is 39.7 Å². The maximum absolute atomic E-state index is 12.7. The fourth-order valence-corrected chi connectivity index (χ4v) is 3.31. The maximum Gasteiger partial charge on any atom is 0.338 e. The molecule has 8 heteroatoms. The molecule has 1 saturated heterocycles. The van der Waals surface area contributed by atoms with Crippen molar-refractivity contribution in [3.05, 3.63) is 66.2 Å². The molecule has 4 rings (SSSR count). The van der Waals surface area contributed by atoms with Gasteiger partial charge in [-0.25, -0.2) is 9.48 Å². The van der Waals surface area contributed by atoms with Crippen molar-refractivity contribution in [1.29, 1.82) is 0 Å². The molecule has 27 heavy (non-hydrogen) atoms. The van der Waals surface area contributed by atoms with Crippen LogP contribution < -0.4 is 0 Å². The molecule has 2 aromatic heterocycles. The van der Waals surface area contributed by atoms with Crippen molar-refractivity contribution in [2.45, 2.75) is 18.9 Å². The van der Waals surface area contributed by atoms with Crippen molar-refractivity contribution in [2.75, 3.05) is 13.1 Å². The van der Waals surface area contributed by atoms with Crippen LogP contribution in [0, 0.1) is 0 Å². The zero-order chi connectivity index (χ0) is 18.8. The monoisotopic (exact) mass is 365 g/mol. The minimum atomic E-state index is -0.983. The number of carboxylic acid groups (broad SMARTS) is 1. The Morgan fingerprint density at radius 2 is 1.81 bits per heavy atom. The summed E-state index contributed by atoms with van der Waals surface area (Å²) in [6.07, 6.45) is 6.15. The molecule has 1 aromatic carbocycles. The molecule has 0 spiro atoms. The summed E-state index contributed by atoms with van der Waals surface area (Å²) in [5, 5.41) is 17.5. The Labute approximate surface area is 155 Å². The number of carbonyl (C=O) groups excluding carboxylic acids is 1. The minimum Gasteiger partial charge on any atom is -0.478 e. The number of carboxylic acids is 1. The van der Waals surface area contributed by atoms with Crippen molar-refractivity contribution in [3.63, 3.8) is 0 Å². The van der Waals surface area contributed by atoms with Crippen LogP contribution in [0.3, 0.4) is 0 Å². The summed E-state index contributed by atoms with van der Waals surface area (Å²) in [6.45, 7) is 1.17. The predicted octanol–water partition coefficient (Wildman–Crippen LogP) is 2.24. The van der Waals surface area contributed by atoms with E-state index >= 15 is 0 Å². The number of amides is 1. The fraction of sp³-hybridized carbons (Fsp3) is 0.263. The van der Waals surface area contributed by atoms with E-state index in [4.69, 9.17) is 5.11 Å². The Hall–Kier alpha value is -3.42. The molecule has 3 heterocycles. The van der Waals surface area contributed by atoms with E-state index in [9.17, 15) is 9.59 Å². The van der Waals surface area contributed by atoms with Crippen LogP contribution in [0.5, 0.6) is 0 Å². The normalized spacial score (nSPS) is 15.0. The molecule has 1 aliphatic rings. The van der Waals surface area contributed by atoms with Crippen molar-refractivity contribution in [3.8, 4) is 5.69 Å². The molecule has 1 N–H and O–H groups in total. The Kier molecular flexibility index (Phi) is 4.45. The van der Waals surface area contributed by atoms with E-state index in [1.54, 1.807) is 32.7 Å². The Bertz CT molecular complexity index is 955. The lowest BCUT2D eigenvalue weighted by molar-refractivity contribution is 0.0682. The number of rotatable bonds is 4. The molecule has 0 unspecified atom stereocenters. The number of carbonyl (C=O) groups is 2. The first-order valence-electron chi connectivity index (χ1n) is 8.79. The zero-order valence-corrected chi connectivity index (χ0v) is 14.6. The van der Waals surface area contributed by atoms with Crippen molar-refractivity contribution in [2.24, 2.45) is 0 Å². The van der Waals surface area contributed by atoms with E-state index in [1.165, 1.54) is 6.20 Å². The Morgan fingerprint density at radius 3 is 2.48 bits per heavy atom. The minimum absolute atomic E-state index is 0.0881. The average molecular weight is 365 g/mol. The Morgan fingerprint density at radius 1 is 1.07 bits per heavy atom. The van der Waals surface area contributed by atoms with Crippen LogP contribution in [-0.2, 0) is 0 Å². The first kappa shape index (κ1) is 17.0. The van der Waals surface area contributed by atoms with Gasteiger partial charge in [0.15, 0.2) is 5.69 Å². The smallest absolute Gasteiger partial charge is 0.338 e. The molecular formula is C19H19N5O3. The van der Waals surface area contributed by atoms with Gasteiger partial charge in [-0.3, -0.25) is 9.48 Å². The molecule has 8 nitrogen and oxygen atoms in total. The van der Waals surface area contributed by atoms with Gasteiger partial charge in [0.25, 0.3) is 5.91 Å². The lowest BCUT2D eigenvalue weighted by atomic mass is 10.0. The van der Waals surface area contributed by atoms with Crippen molar-refractivity contribution in [1.82, 2.24) is 24.5 Å². The number of aromatic carboxylic acids is 1. The quantitative estimate of drug-likeness (QED) is 0.765. The lowest BCUT2D eigenvalue weighted by Crippen LogP contribution is -2.39. The van der Waals surface area contributed by atoms with Crippen LogP contribution in [0.15, 0.2) is 55.0 Å². The molecule has 0 bridgehead atoms. The first-order valence-corrected chi connectivity index (χ1v) is 8.79. The van der Waals surface area contributed by atoms with Gasteiger partial charge in [0, 0.05) is 25.5 Å². The van der Waals surface area contributed by atoms with Gasteiger partial charge >= 0.3 is 5.97 Å². The summed E-state index contributed by atoms with van der Waals surface area (Å²) in [7, 11) is 0. The number of benzene rings is 1. The summed E-state index contributed by atoms with van der Waals surface area (Å²) in [5.74, 6) is -1.07. The van der Waals surface area contributed by atoms with Crippen molar-refractivity contribution < 1.29 is 14.7 Å². The van der Waals surface area contributed by atoms with E-state index in [-0.39, 0.29) is 17.5 Å². The molecule has 1 aliphatic heterocycles. The third-order valence-corrected chi connectivity index (χ3v) is 4.80. The van der Waals surface area contributed by atoms with E-state index in [0.29, 0.717) is 18.8 Å². The highest BCUT2D eigenvalue weighted by Gasteiger charge is 2.26. The number of hydrogen-bond donors (Lipinski definition) is 1. The van der Waals surface area contributed by atoms with E-state index < -0.39 is 5.97 Å². The molecular weight excluding hydrogens is 346 g/mol. The third-order valence-electron chi connectivity index (χ3n) is 4.80. The van der Waals surface area contributed by atoms with E-state index in [2.05, 4.69) is 10.2 Å². The lowest BCUT2D eigenvalue weighted by Gasteiger charge is -2.31. The molecule has 1 amide bonds. The predicted molar refractivity (Wildman–Crippen MR) is 96.9 cm³/mol. The van der Waals surface area contributed by atoms with Crippen LogP contribution in [0.2, 0.25) is 0 Å². The topological polar surface area (TPSA) is 93.3 Å². The SMILES string of the molecule is O=C(O)c1cnn(C2CCN(C(=O)c3ccn(-c4ccccc4)n3)CC2)c1. The number of hydrogen-bond acceptors (Lipinski definition) is 4. The molecule has 0 radical (unpaired) electrons. The van der Waals surface area contributed by atoms with Gasteiger partial charge in [-0.2, -0.15) is 10.2 Å². The first-order chi connectivity index (χ1) is 13.1. The van der Waals surface area contributed by atoms with Crippen LogP contribution >= 0.6 is 0 Å². The van der Waals surface area contributed by atoms with Gasteiger partial charge in [0.05, 0.1) is 23.5 Å². The van der Waals surface area contributed by atoms with Gasteiger partial charge < -0.3 is 10.0 Å². The second kappa shape index (κ2) is 7.06. The molecule has 0 aliphatic carbocycles.